The lowest BCUT2D eigenvalue weighted by Gasteiger charge is -1.96. The first-order valence-electron chi connectivity index (χ1n) is 3.45. The van der Waals surface area contributed by atoms with Crippen molar-refractivity contribution in [2.45, 2.75) is 13.8 Å². The van der Waals surface area contributed by atoms with Crippen molar-refractivity contribution >= 4 is 17.6 Å². The van der Waals surface area contributed by atoms with E-state index in [0.717, 1.165) is 0 Å². The van der Waals surface area contributed by atoms with Gasteiger partial charge in [-0.25, -0.2) is 4.79 Å². The van der Waals surface area contributed by atoms with Gasteiger partial charge in [-0.3, -0.25) is 0 Å². The highest BCUT2D eigenvalue weighted by Gasteiger charge is 2.17. The summed E-state index contributed by atoms with van der Waals surface area (Å²) < 4.78 is 9.28. The summed E-state index contributed by atoms with van der Waals surface area (Å²) in [7, 11) is 0. The van der Waals surface area contributed by atoms with Gasteiger partial charge in [0.2, 0.25) is 5.22 Å². The maximum absolute atomic E-state index is 11.1. The topological polar surface area (TPSA) is 52.3 Å². The quantitative estimate of drug-likeness (QED) is 0.666. The Labute approximate surface area is 74.4 Å². The minimum Gasteiger partial charge on any atom is -0.461 e. The van der Waals surface area contributed by atoms with Crippen LogP contribution in [0.5, 0.6) is 0 Å². The summed E-state index contributed by atoms with van der Waals surface area (Å²) in [5.74, 6) is -0.509. The molecule has 0 amide bonds. The maximum Gasteiger partial charge on any atom is 0.360 e. The van der Waals surface area contributed by atoms with Gasteiger partial charge in [0.25, 0.3) is 0 Å². The molecule has 66 valence electrons. The van der Waals surface area contributed by atoms with Gasteiger partial charge in [0.05, 0.1) is 6.61 Å². The first kappa shape index (κ1) is 9.06. The van der Waals surface area contributed by atoms with E-state index in [1.54, 1.807) is 13.8 Å². The molecule has 0 bridgehead atoms. The van der Waals surface area contributed by atoms with Crippen LogP contribution in [0.3, 0.4) is 0 Å². The molecule has 0 saturated heterocycles. The molecule has 0 unspecified atom stereocenters. The third-order valence-corrected chi connectivity index (χ3v) is 1.69. The molecular formula is C7H8ClNO3. The van der Waals surface area contributed by atoms with Gasteiger partial charge in [0.15, 0.2) is 5.69 Å². The lowest BCUT2D eigenvalue weighted by atomic mass is 10.3. The maximum atomic E-state index is 11.1. The minimum atomic E-state index is -0.509. The lowest BCUT2D eigenvalue weighted by molar-refractivity contribution is 0.0514. The molecule has 0 aliphatic rings. The highest BCUT2D eigenvalue weighted by atomic mass is 35.5. The van der Waals surface area contributed by atoms with E-state index in [-0.39, 0.29) is 10.9 Å². The van der Waals surface area contributed by atoms with Gasteiger partial charge in [0, 0.05) is 5.56 Å². The predicted octanol–water partition coefficient (Wildman–Crippen LogP) is 1.81. The molecule has 0 aromatic carbocycles. The summed E-state index contributed by atoms with van der Waals surface area (Å²) in [4.78, 5) is 11.1. The first-order valence-corrected chi connectivity index (χ1v) is 3.83. The molecule has 0 saturated carbocycles. The van der Waals surface area contributed by atoms with Crippen molar-refractivity contribution in [1.29, 1.82) is 0 Å². The number of hydrogen-bond acceptors (Lipinski definition) is 4. The van der Waals surface area contributed by atoms with Crippen molar-refractivity contribution in [2.75, 3.05) is 6.61 Å². The number of carbonyl (C=O) groups is 1. The summed E-state index contributed by atoms with van der Waals surface area (Å²) >= 11 is 5.54. The van der Waals surface area contributed by atoms with Crippen LogP contribution in [0.4, 0.5) is 0 Å². The van der Waals surface area contributed by atoms with Crippen LogP contribution in [-0.4, -0.2) is 17.7 Å². The van der Waals surface area contributed by atoms with Gasteiger partial charge in [-0.15, -0.1) is 0 Å². The molecule has 0 spiro atoms. The van der Waals surface area contributed by atoms with Gasteiger partial charge in [-0.2, -0.15) is 0 Å². The van der Waals surface area contributed by atoms with Crippen molar-refractivity contribution in [2.24, 2.45) is 0 Å². The Morgan fingerprint density at radius 3 is 2.83 bits per heavy atom. The molecule has 1 aromatic rings. The molecule has 0 radical (unpaired) electrons. The van der Waals surface area contributed by atoms with E-state index in [1.165, 1.54) is 0 Å². The Kier molecular flexibility index (Phi) is 2.70. The van der Waals surface area contributed by atoms with Crippen LogP contribution in [0, 0.1) is 6.92 Å². The van der Waals surface area contributed by atoms with E-state index in [9.17, 15) is 4.79 Å². The number of esters is 1. The first-order chi connectivity index (χ1) is 5.66. The highest BCUT2D eigenvalue weighted by Crippen LogP contribution is 2.18. The number of halogens is 1. The molecule has 0 atom stereocenters. The number of nitrogens with zero attached hydrogens (tertiary/aromatic N) is 1. The summed E-state index contributed by atoms with van der Waals surface area (Å²) in [5, 5.41) is 3.58. The molecule has 1 aromatic heterocycles. The summed E-state index contributed by atoms with van der Waals surface area (Å²) in [6.45, 7) is 3.67. The average Bonchev–Trinajstić information content (AvgIpc) is 2.34. The zero-order valence-corrected chi connectivity index (χ0v) is 7.51. The van der Waals surface area contributed by atoms with Crippen molar-refractivity contribution in [3.05, 3.63) is 16.5 Å². The summed E-state index contributed by atoms with van der Waals surface area (Å²) in [5.41, 5.74) is 0.650. The fourth-order valence-corrected chi connectivity index (χ4v) is 0.830. The molecule has 1 heterocycles. The van der Waals surface area contributed by atoms with Gasteiger partial charge in [-0.05, 0) is 25.4 Å². The zero-order valence-electron chi connectivity index (χ0n) is 6.76. The van der Waals surface area contributed by atoms with Crippen LogP contribution in [0.1, 0.15) is 23.0 Å². The van der Waals surface area contributed by atoms with E-state index in [2.05, 4.69) is 9.68 Å². The molecule has 4 nitrogen and oxygen atoms in total. The van der Waals surface area contributed by atoms with Crippen molar-refractivity contribution < 1.29 is 14.1 Å². The fourth-order valence-electron chi connectivity index (χ4n) is 0.706. The Balaban J connectivity index is 2.88. The van der Waals surface area contributed by atoms with Crippen molar-refractivity contribution in [3.8, 4) is 0 Å². The Hall–Kier alpha value is -1.03. The van der Waals surface area contributed by atoms with Crippen LogP contribution < -0.4 is 0 Å². The number of ether oxygens (including phenoxy) is 1. The smallest absolute Gasteiger partial charge is 0.360 e. The van der Waals surface area contributed by atoms with Crippen LogP contribution in [0.15, 0.2) is 4.52 Å². The number of carbonyl (C=O) groups excluding carboxylic acids is 1. The van der Waals surface area contributed by atoms with Crippen molar-refractivity contribution in [1.82, 2.24) is 5.16 Å². The Bertz CT molecular complexity index is 295. The number of aromatic nitrogens is 1. The molecule has 0 fully saturated rings. The molecule has 0 aliphatic heterocycles. The number of rotatable bonds is 2. The second-order valence-electron chi connectivity index (χ2n) is 2.15. The van der Waals surface area contributed by atoms with E-state index in [4.69, 9.17) is 16.3 Å². The van der Waals surface area contributed by atoms with Gasteiger partial charge in [0.1, 0.15) is 0 Å². The predicted molar refractivity (Wildman–Crippen MR) is 42.2 cm³/mol. The Morgan fingerprint density at radius 1 is 1.75 bits per heavy atom. The average molecular weight is 190 g/mol. The molecule has 12 heavy (non-hydrogen) atoms. The SMILES string of the molecule is CCOC(=O)c1noc(Cl)c1C. The molecule has 0 N–H and O–H groups in total. The van der Waals surface area contributed by atoms with Gasteiger partial charge >= 0.3 is 5.97 Å². The van der Waals surface area contributed by atoms with E-state index < -0.39 is 5.97 Å². The largest absolute Gasteiger partial charge is 0.461 e. The molecular weight excluding hydrogens is 182 g/mol. The number of hydrogen-bond donors (Lipinski definition) is 0. The van der Waals surface area contributed by atoms with Crippen LogP contribution in [0.25, 0.3) is 0 Å². The van der Waals surface area contributed by atoms with Crippen LogP contribution in [0.2, 0.25) is 5.22 Å². The second-order valence-corrected chi connectivity index (χ2v) is 2.49. The van der Waals surface area contributed by atoms with Crippen LogP contribution in [-0.2, 0) is 4.74 Å². The third kappa shape index (κ3) is 1.58. The summed E-state index contributed by atoms with van der Waals surface area (Å²) in [6.07, 6.45) is 0. The van der Waals surface area contributed by atoms with Gasteiger partial charge in [-0.1, -0.05) is 5.16 Å². The zero-order chi connectivity index (χ0) is 9.14. The standard InChI is InChI=1S/C7H8ClNO3/c1-3-11-7(10)5-4(2)6(8)12-9-5/h3H2,1-2H3. The lowest BCUT2D eigenvalue weighted by Crippen LogP contribution is -2.06. The van der Waals surface area contributed by atoms with E-state index in [1.807, 2.05) is 0 Å². The Morgan fingerprint density at radius 2 is 2.42 bits per heavy atom. The van der Waals surface area contributed by atoms with Crippen LogP contribution >= 0.6 is 11.6 Å². The second kappa shape index (κ2) is 3.58. The molecule has 5 heteroatoms. The summed E-state index contributed by atoms with van der Waals surface area (Å²) in [6, 6.07) is 0. The highest BCUT2D eigenvalue weighted by molar-refractivity contribution is 6.29. The van der Waals surface area contributed by atoms with E-state index in [0.29, 0.717) is 12.2 Å². The molecule has 0 aliphatic carbocycles. The van der Waals surface area contributed by atoms with E-state index >= 15 is 0 Å². The van der Waals surface area contributed by atoms with Gasteiger partial charge < -0.3 is 9.26 Å². The van der Waals surface area contributed by atoms with Crippen molar-refractivity contribution in [3.63, 3.8) is 0 Å². The fraction of sp³-hybridized carbons (Fsp3) is 0.429. The normalized spacial score (nSPS) is 9.92. The molecule has 1 rings (SSSR count). The minimum absolute atomic E-state index is 0.123. The monoisotopic (exact) mass is 189 g/mol. The third-order valence-electron chi connectivity index (χ3n) is 1.34.